The van der Waals surface area contributed by atoms with Crippen molar-refractivity contribution in [3.63, 3.8) is 0 Å². The normalized spacial score (nSPS) is 16.2. The van der Waals surface area contributed by atoms with Gasteiger partial charge >= 0.3 is 0 Å². The Bertz CT molecular complexity index is 624. The van der Waals surface area contributed by atoms with Crippen LogP contribution in [-0.2, 0) is 21.7 Å². The lowest BCUT2D eigenvalue weighted by Crippen LogP contribution is -2.25. The molecule has 1 aliphatic rings. The SMILES string of the molecule is CCCNC(=O)/C(C#N)=C\c1ccc2c(c1)COC2(C)C. The van der Waals surface area contributed by atoms with Gasteiger partial charge < -0.3 is 10.1 Å². The van der Waals surface area contributed by atoms with Gasteiger partial charge in [-0.05, 0) is 49.1 Å². The Morgan fingerprint density at radius 3 is 2.95 bits per heavy atom. The molecule has 0 spiro atoms. The Balaban J connectivity index is 2.25. The second-order valence-electron chi connectivity index (χ2n) is 5.64. The topological polar surface area (TPSA) is 62.1 Å². The van der Waals surface area contributed by atoms with Crippen LogP contribution in [0.1, 0.15) is 43.9 Å². The van der Waals surface area contributed by atoms with Gasteiger partial charge in [-0.15, -0.1) is 0 Å². The van der Waals surface area contributed by atoms with E-state index in [0.29, 0.717) is 13.2 Å². The van der Waals surface area contributed by atoms with Crippen molar-refractivity contribution in [3.05, 3.63) is 40.5 Å². The van der Waals surface area contributed by atoms with Crippen LogP contribution in [0.5, 0.6) is 0 Å². The van der Waals surface area contributed by atoms with Gasteiger partial charge in [0.15, 0.2) is 0 Å². The quantitative estimate of drug-likeness (QED) is 0.683. The zero-order valence-electron chi connectivity index (χ0n) is 12.7. The summed E-state index contributed by atoms with van der Waals surface area (Å²) in [6.07, 6.45) is 2.46. The predicted octanol–water partition coefficient (Wildman–Crippen LogP) is 2.89. The fraction of sp³-hybridized carbons (Fsp3) is 0.412. The van der Waals surface area contributed by atoms with E-state index < -0.39 is 0 Å². The van der Waals surface area contributed by atoms with E-state index in [2.05, 4.69) is 5.32 Å². The highest BCUT2D eigenvalue weighted by atomic mass is 16.5. The Kier molecular flexibility index (Phi) is 4.44. The second kappa shape index (κ2) is 6.11. The first-order valence-corrected chi connectivity index (χ1v) is 7.15. The number of nitrogens with one attached hydrogen (secondary N) is 1. The number of nitriles is 1. The zero-order valence-corrected chi connectivity index (χ0v) is 12.7. The zero-order chi connectivity index (χ0) is 15.5. The van der Waals surface area contributed by atoms with E-state index in [1.165, 1.54) is 0 Å². The average Bonchev–Trinajstić information content (AvgIpc) is 2.77. The van der Waals surface area contributed by atoms with Crippen LogP contribution in [0.3, 0.4) is 0 Å². The number of carbonyl (C=O) groups is 1. The molecule has 0 aliphatic carbocycles. The molecular formula is C17H20N2O2. The summed E-state index contributed by atoms with van der Waals surface area (Å²) in [4.78, 5) is 11.8. The highest BCUT2D eigenvalue weighted by molar-refractivity contribution is 6.01. The number of hydrogen-bond donors (Lipinski definition) is 1. The number of carbonyl (C=O) groups excluding carboxylic acids is 1. The summed E-state index contributed by atoms with van der Waals surface area (Å²) < 4.78 is 5.73. The minimum Gasteiger partial charge on any atom is -0.366 e. The third-order valence-electron chi connectivity index (χ3n) is 3.58. The minimum absolute atomic E-state index is 0.126. The van der Waals surface area contributed by atoms with Crippen LogP contribution in [0.2, 0.25) is 0 Å². The van der Waals surface area contributed by atoms with E-state index in [0.717, 1.165) is 23.1 Å². The Morgan fingerprint density at radius 2 is 2.29 bits per heavy atom. The fourth-order valence-electron chi connectivity index (χ4n) is 2.40. The number of ether oxygens (including phenoxy) is 1. The number of hydrogen-bond acceptors (Lipinski definition) is 3. The predicted molar refractivity (Wildman–Crippen MR) is 81.1 cm³/mol. The van der Waals surface area contributed by atoms with Crippen molar-refractivity contribution in [2.75, 3.05) is 6.54 Å². The van der Waals surface area contributed by atoms with Gasteiger partial charge in [0.2, 0.25) is 0 Å². The largest absolute Gasteiger partial charge is 0.366 e. The van der Waals surface area contributed by atoms with Crippen molar-refractivity contribution in [1.29, 1.82) is 5.26 Å². The monoisotopic (exact) mass is 284 g/mol. The van der Waals surface area contributed by atoms with Crippen molar-refractivity contribution < 1.29 is 9.53 Å². The lowest BCUT2D eigenvalue weighted by Gasteiger charge is -2.18. The van der Waals surface area contributed by atoms with Gasteiger partial charge in [0.25, 0.3) is 5.91 Å². The standard InChI is InChI=1S/C17H20N2O2/c1-4-7-19-16(20)13(10-18)8-12-5-6-15-14(9-12)11-21-17(15,2)3/h5-6,8-9H,4,7,11H2,1-3H3,(H,19,20)/b13-8-. The smallest absolute Gasteiger partial charge is 0.261 e. The Labute approximate surface area is 125 Å². The first kappa shape index (κ1) is 15.3. The van der Waals surface area contributed by atoms with Gasteiger partial charge in [-0.25, -0.2) is 0 Å². The van der Waals surface area contributed by atoms with Crippen LogP contribution in [0.4, 0.5) is 0 Å². The molecular weight excluding hydrogens is 264 g/mol. The number of fused-ring (bicyclic) bond motifs is 1. The summed E-state index contributed by atoms with van der Waals surface area (Å²) in [6.45, 7) is 7.18. The lowest BCUT2D eigenvalue weighted by atomic mass is 9.94. The number of benzene rings is 1. The molecule has 4 heteroatoms. The van der Waals surface area contributed by atoms with Crippen LogP contribution in [0, 0.1) is 11.3 Å². The van der Waals surface area contributed by atoms with Crippen LogP contribution in [0.25, 0.3) is 6.08 Å². The van der Waals surface area contributed by atoms with Crippen molar-refractivity contribution >= 4 is 12.0 Å². The fourth-order valence-corrected chi connectivity index (χ4v) is 2.40. The van der Waals surface area contributed by atoms with E-state index in [9.17, 15) is 4.79 Å². The van der Waals surface area contributed by atoms with E-state index in [-0.39, 0.29) is 17.1 Å². The Hall–Kier alpha value is -2.12. The molecule has 1 heterocycles. The molecule has 0 aromatic heterocycles. The van der Waals surface area contributed by atoms with Gasteiger partial charge in [0, 0.05) is 6.54 Å². The molecule has 1 amide bonds. The maximum absolute atomic E-state index is 11.8. The first-order chi connectivity index (χ1) is 9.97. The summed E-state index contributed by atoms with van der Waals surface area (Å²) in [5, 5.41) is 11.8. The molecule has 0 saturated heterocycles. The third-order valence-corrected chi connectivity index (χ3v) is 3.58. The van der Waals surface area contributed by atoms with Crippen LogP contribution in [-0.4, -0.2) is 12.5 Å². The summed E-state index contributed by atoms with van der Waals surface area (Å²) in [5.41, 5.74) is 2.97. The maximum atomic E-state index is 11.8. The number of nitrogens with zero attached hydrogens (tertiary/aromatic N) is 1. The lowest BCUT2D eigenvalue weighted by molar-refractivity contribution is -0.117. The van der Waals surface area contributed by atoms with Crippen molar-refractivity contribution in [1.82, 2.24) is 5.32 Å². The highest BCUT2D eigenvalue weighted by Gasteiger charge is 2.30. The van der Waals surface area contributed by atoms with Gasteiger partial charge in [-0.3, -0.25) is 4.79 Å². The van der Waals surface area contributed by atoms with Crippen LogP contribution in [0.15, 0.2) is 23.8 Å². The van der Waals surface area contributed by atoms with Crippen molar-refractivity contribution in [2.24, 2.45) is 0 Å². The van der Waals surface area contributed by atoms with E-state index >= 15 is 0 Å². The molecule has 21 heavy (non-hydrogen) atoms. The first-order valence-electron chi connectivity index (χ1n) is 7.15. The second-order valence-corrected chi connectivity index (χ2v) is 5.64. The third kappa shape index (κ3) is 3.32. The molecule has 110 valence electrons. The summed E-state index contributed by atoms with van der Waals surface area (Å²) in [5.74, 6) is -0.323. The molecule has 1 aliphatic heterocycles. The molecule has 0 bridgehead atoms. The molecule has 0 radical (unpaired) electrons. The van der Waals surface area contributed by atoms with Gasteiger partial charge in [-0.2, -0.15) is 5.26 Å². The summed E-state index contributed by atoms with van der Waals surface area (Å²) in [7, 11) is 0. The van der Waals surface area contributed by atoms with Gasteiger partial charge in [-0.1, -0.05) is 19.1 Å². The van der Waals surface area contributed by atoms with E-state index in [4.69, 9.17) is 10.00 Å². The van der Waals surface area contributed by atoms with Crippen LogP contribution < -0.4 is 5.32 Å². The van der Waals surface area contributed by atoms with E-state index in [1.807, 2.05) is 45.0 Å². The van der Waals surface area contributed by atoms with Crippen molar-refractivity contribution in [3.8, 4) is 6.07 Å². The van der Waals surface area contributed by atoms with E-state index in [1.54, 1.807) is 6.08 Å². The Morgan fingerprint density at radius 1 is 1.52 bits per heavy atom. The molecule has 1 aromatic carbocycles. The van der Waals surface area contributed by atoms with Gasteiger partial charge in [0.1, 0.15) is 11.6 Å². The number of amides is 1. The molecule has 0 unspecified atom stereocenters. The molecule has 0 fully saturated rings. The van der Waals surface area contributed by atoms with Gasteiger partial charge in [0.05, 0.1) is 12.2 Å². The average molecular weight is 284 g/mol. The molecule has 2 rings (SSSR count). The highest BCUT2D eigenvalue weighted by Crippen LogP contribution is 2.36. The molecule has 0 saturated carbocycles. The minimum atomic E-state index is -0.323. The molecule has 0 atom stereocenters. The molecule has 1 N–H and O–H groups in total. The molecule has 4 nitrogen and oxygen atoms in total. The molecule has 1 aromatic rings. The number of rotatable bonds is 4. The summed E-state index contributed by atoms with van der Waals surface area (Å²) >= 11 is 0. The summed E-state index contributed by atoms with van der Waals surface area (Å²) in [6, 6.07) is 7.87. The maximum Gasteiger partial charge on any atom is 0.261 e. The van der Waals surface area contributed by atoms with Crippen LogP contribution >= 0.6 is 0 Å². The van der Waals surface area contributed by atoms with Crippen molar-refractivity contribution in [2.45, 2.75) is 39.4 Å².